The minimum absolute atomic E-state index is 0.0213. The summed E-state index contributed by atoms with van der Waals surface area (Å²) >= 11 is 5.81. The normalized spacial score (nSPS) is 12.0. The maximum Gasteiger partial charge on any atom is 0.328 e. The van der Waals surface area contributed by atoms with E-state index >= 15 is 0 Å². The molecule has 146 valence electrons. The molecule has 0 saturated heterocycles. The van der Waals surface area contributed by atoms with Gasteiger partial charge in [0.05, 0.1) is 17.5 Å². The van der Waals surface area contributed by atoms with Gasteiger partial charge in [-0.05, 0) is 43.3 Å². The van der Waals surface area contributed by atoms with Gasteiger partial charge in [0.1, 0.15) is 0 Å². The minimum atomic E-state index is -0.965. The number of aromatic nitrogens is 2. The van der Waals surface area contributed by atoms with E-state index in [9.17, 15) is 14.4 Å². The Bertz CT molecular complexity index is 1070. The zero-order valence-corrected chi connectivity index (χ0v) is 16.3. The van der Waals surface area contributed by atoms with Crippen LogP contribution in [-0.4, -0.2) is 27.1 Å². The van der Waals surface area contributed by atoms with Gasteiger partial charge < -0.3 is 10.1 Å². The molecule has 0 radical (unpaired) electrons. The van der Waals surface area contributed by atoms with E-state index in [0.29, 0.717) is 10.7 Å². The Labute approximate surface area is 166 Å². The number of esters is 1. The Kier molecular flexibility index (Phi) is 5.84. The Balaban J connectivity index is 1.58. The number of amides is 1. The lowest BCUT2D eigenvalue weighted by Crippen LogP contribution is -2.30. The fraction of sp³-hybridized carbons (Fsp3) is 0.250. The number of benzene rings is 2. The number of aryl methyl sites for hydroxylation is 2. The van der Waals surface area contributed by atoms with Crippen molar-refractivity contribution in [2.75, 3.05) is 5.32 Å². The Morgan fingerprint density at radius 2 is 1.75 bits per heavy atom. The smallest absolute Gasteiger partial charge is 0.328 e. The third-order valence-electron chi connectivity index (χ3n) is 4.38. The molecule has 3 rings (SSSR count). The number of carbonyl (C=O) groups excluding carboxylic acids is 2. The van der Waals surface area contributed by atoms with E-state index in [0.717, 1.165) is 11.0 Å². The molecule has 8 heteroatoms. The summed E-state index contributed by atoms with van der Waals surface area (Å²) in [7, 11) is 1.68. The van der Waals surface area contributed by atoms with Crippen LogP contribution in [-0.2, 0) is 27.9 Å². The molecule has 1 N–H and O–H groups in total. The van der Waals surface area contributed by atoms with E-state index in [1.54, 1.807) is 31.3 Å². The highest BCUT2D eigenvalue weighted by Gasteiger charge is 2.19. The van der Waals surface area contributed by atoms with Crippen molar-refractivity contribution in [3.8, 4) is 0 Å². The molecule has 0 aliphatic rings. The van der Waals surface area contributed by atoms with Crippen LogP contribution in [0.15, 0.2) is 53.3 Å². The number of anilines is 1. The molecule has 0 bridgehead atoms. The van der Waals surface area contributed by atoms with Crippen molar-refractivity contribution < 1.29 is 14.3 Å². The number of fused-ring (bicyclic) bond motifs is 1. The number of halogens is 1. The van der Waals surface area contributed by atoms with E-state index in [2.05, 4.69) is 5.32 Å². The highest BCUT2D eigenvalue weighted by atomic mass is 35.5. The van der Waals surface area contributed by atoms with Crippen molar-refractivity contribution in [1.29, 1.82) is 0 Å². The molecule has 1 aromatic heterocycles. The largest absolute Gasteiger partial charge is 0.452 e. The highest BCUT2D eigenvalue weighted by Crippen LogP contribution is 2.14. The van der Waals surface area contributed by atoms with Crippen LogP contribution in [0.1, 0.15) is 13.3 Å². The minimum Gasteiger partial charge on any atom is -0.452 e. The molecule has 2 aromatic carbocycles. The number of ether oxygens (including phenoxy) is 1. The molecule has 0 spiro atoms. The third-order valence-corrected chi connectivity index (χ3v) is 4.63. The number of para-hydroxylation sites is 2. The molecule has 0 aliphatic heterocycles. The monoisotopic (exact) mass is 401 g/mol. The van der Waals surface area contributed by atoms with E-state index in [-0.39, 0.29) is 18.7 Å². The number of nitrogens with zero attached hydrogens (tertiary/aromatic N) is 2. The molecule has 1 atom stereocenters. The molecule has 0 saturated carbocycles. The summed E-state index contributed by atoms with van der Waals surface area (Å²) in [5.41, 5.74) is 1.88. The first kappa shape index (κ1) is 19.7. The van der Waals surface area contributed by atoms with Crippen LogP contribution in [0.5, 0.6) is 0 Å². The molecular formula is C20H20ClN3O4. The average molecular weight is 402 g/mol. The lowest BCUT2D eigenvalue weighted by Gasteiger charge is -2.13. The number of hydrogen-bond donors (Lipinski definition) is 1. The van der Waals surface area contributed by atoms with E-state index in [1.807, 2.05) is 24.3 Å². The van der Waals surface area contributed by atoms with E-state index < -0.39 is 18.0 Å². The first-order valence-corrected chi connectivity index (χ1v) is 9.15. The van der Waals surface area contributed by atoms with Gasteiger partial charge in [-0.15, -0.1) is 0 Å². The lowest BCUT2D eigenvalue weighted by atomic mass is 10.3. The molecule has 7 nitrogen and oxygen atoms in total. The second kappa shape index (κ2) is 8.31. The number of carbonyl (C=O) groups is 2. The van der Waals surface area contributed by atoms with Crippen LogP contribution in [0, 0.1) is 0 Å². The summed E-state index contributed by atoms with van der Waals surface area (Å²) in [4.78, 5) is 36.7. The Morgan fingerprint density at radius 1 is 1.11 bits per heavy atom. The van der Waals surface area contributed by atoms with Crippen molar-refractivity contribution in [2.45, 2.75) is 26.0 Å². The number of nitrogens with one attached hydrogen (secondary N) is 1. The molecule has 0 aliphatic carbocycles. The maximum atomic E-state index is 12.4. The SMILES string of the molecule is CC(OC(=O)CCn1c(=O)n(C)c2ccccc21)C(=O)Nc1ccc(Cl)cc1. The molecular weight excluding hydrogens is 382 g/mol. The van der Waals surface area contributed by atoms with Crippen molar-refractivity contribution >= 4 is 40.2 Å². The van der Waals surface area contributed by atoms with Crippen molar-refractivity contribution in [3.63, 3.8) is 0 Å². The van der Waals surface area contributed by atoms with Crippen LogP contribution in [0.25, 0.3) is 11.0 Å². The second-order valence-corrected chi connectivity index (χ2v) is 6.80. The molecule has 1 amide bonds. The zero-order valence-electron chi connectivity index (χ0n) is 15.5. The van der Waals surface area contributed by atoms with E-state index in [4.69, 9.17) is 16.3 Å². The standard InChI is InChI=1S/C20H20ClN3O4/c1-13(19(26)22-15-9-7-14(21)8-10-15)28-18(25)11-12-24-17-6-4-3-5-16(17)23(2)20(24)27/h3-10,13H,11-12H2,1-2H3,(H,22,26). The van der Waals surface area contributed by atoms with Gasteiger partial charge in [0, 0.05) is 24.3 Å². The molecule has 3 aromatic rings. The number of imidazole rings is 1. The van der Waals surface area contributed by atoms with Crippen LogP contribution in [0.3, 0.4) is 0 Å². The van der Waals surface area contributed by atoms with Gasteiger partial charge in [-0.25, -0.2) is 4.79 Å². The highest BCUT2D eigenvalue weighted by molar-refractivity contribution is 6.30. The summed E-state index contributed by atoms with van der Waals surface area (Å²) < 4.78 is 8.24. The van der Waals surface area contributed by atoms with Gasteiger partial charge in [0.15, 0.2) is 6.10 Å². The van der Waals surface area contributed by atoms with Crippen molar-refractivity contribution in [2.24, 2.45) is 7.05 Å². The predicted octanol–water partition coefficient (Wildman–Crippen LogP) is 2.95. The van der Waals surface area contributed by atoms with Crippen LogP contribution >= 0.6 is 11.6 Å². The molecule has 1 heterocycles. The Morgan fingerprint density at radius 3 is 2.43 bits per heavy atom. The molecule has 0 fully saturated rings. The van der Waals surface area contributed by atoms with Crippen LogP contribution < -0.4 is 11.0 Å². The summed E-state index contributed by atoms with van der Waals surface area (Å²) in [5, 5.41) is 3.21. The third kappa shape index (κ3) is 4.26. The number of rotatable bonds is 6. The summed E-state index contributed by atoms with van der Waals surface area (Å²) in [6.07, 6.45) is -0.987. The van der Waals surface area contributed by atoms with Gasteiger partial charge in [0.2, 0.25) is 0 Å². The predicted molar refractivity (Wildman–Crippen MR) is 107 cm³/mol. The summed E-state index contributed by atoms with van der Waals surface area (Å²) in [6, 6.07) is 14.0. The van der Waals surface area contributed by atoms with E-state index in [1.165, 1.54) is 16.1 Å². The lowest BCUT2D eigenvalue weighted by molar-refractivity contribution is -0.153. The summed E-state index contributed by atoms with van der Waals surface area (Å²) in [5.74, 6) is -1.00. The van der Waals surface area contributed by atoms with Gasteiger partial charge in [-0.2, -0.15) is 0 Å². The topological polar surface area (TPSA) is 82.3 Å². The van der Waals surface area contributed by atoms with Gasteiger partial charge in [0.25, 0.3) is 5.91 Å². The van der Waals surface area contributed by atoms with Gasteiger partial charge in [-0.3, -0.25) is 18.7 Å². The van der Waals surface area contributed by atoms with Crippen molar-refractivity contribution in [1.82, 2.24) is 9.13 Å². The quantitative estimate of drug-likeness (QED) is 0.644. The van der Waals surface area contributed by atoms with Crippen LogP contribution in [0.4, 0.5) is 5.69 Å². The molecule has 1 unspecified atom stereocenters. The number of hydrogen-bond acceptors (Lipinski definition) is 4. The van der Waals surface area contributed by atoms with Crippen molar-refractivity contribution in [3.05, 3.63) is 64.0 Å². The zero-order chi connectivity index (χ0) is 20.3. The first-order chi connectivity index (χ1) is 13.4. The Hall–Kier alpha value is -3.06. The van der Waals surface area contributed by atoms with Gasteiger partial charge >= 0.3 is 11.7 Å². The fourth-order valence-corrected chi connectivity index (χ4v) is 3.00. The fourth-order valence-electron chi connectivity index (χ4n) is 2.87. The molecule has 28 heavy (non-hydrogen) atoms. The maximum absolute atomic E-state index is 12.4. The second-order valence-electron chi connectivity index (χ2n) is 6.36. The van der Waals surface area contributed by atoms with Gasteiger partial charge in [-0.1, -0.05) is 23.7 Å². The summed E-state index contributed by atoms with van der Waals surface area (Å²) in [6.45, 7) is 1.66. The van der Waals surface area contributed by atoms with Crippen LogP contribution in [0.2, 0.25) is 5.02 Å². The first-order valence-electron chi connectivity index (χ1n) is 8.77. The average Bonchev–Trinajstić information content (AvgIpc) is 2.92.